The zero-order valence-corrected chi connectivity index (χ0v) is 14.1. The second-order valence-corrected chi connectivity index (χ2v) is 5.85. The third-order valence-corrected chi connectivity index (χ3v) is 4.41. The molecule has 7 heteroatoms. The van der Waals surface area contributed by atoms with Crippen molar-refractivity contribution in [2.24, 2.45) is 0 Å². The van der Waals surface area contributed by atoms with Crippen LogP contribution in [-0.2, 0) is 0 Å². The van der Waals surface area contributed by atoms with Crippen LogP contribution in [-0.4, -0.2) is 29.4 Å². The van der Waals surface area contributed by atoms with E-state index in [9.17, 15) is 14.0 Å². The van der Waals surface area contributed by atoms with Gasteiger partial charge in [0.15, 0.2) is 0 Å². The van der Waals surface area contributed by atoms with Gasteiger partial charge in [-0.1, -0.05) is 30.3 Å². The maximum atomic E-state index is 14.5. The number of carbonyl (C=O) groups excluding carboxylic acids is 1. The van der Waals surface area contributed by atoms with Crippen molar-refractivity contribution in [3.8, 4) is 11.4 Å². The summed E-state index contributed by atoms with van der Waals surface area (Å²) in [5, 5.41) is 5.37. The van der Waals surface area contributed by atoms with Crippen LogP contribution >= 0.6 is 0 Å². The van der Waals surface area contributed by atoms with Crippen LogP contribution < -0.4 is 16.1 Å². The number of imidazole rings is 1. The predicted molar refractivity (Wildman–Crippen MR) is 98.5 cm³/mol. The first kappa shape index (κ1) is 16.0. The van der Waals surface area contributed by atoms with E-state index in [0.717, 1.165) is 11.6 Å². The topological polar surface area (TPSA) is 75.5 Å². The third kappa shape index (κ3) is 2.13. The lowest BCUT2D eigenvalue weighted by Gasteiger charge is -2.08. The molecule has 0 fully saturated rings. The van der Waals surface area contributed by atoms with Crippen LogP contribution in [0.5, 0.6) is 0 Å². The molecule has 26 heavy (non-hydrogen) atoms. The Bertz CT molecular complexity index is 1200. The van der Waals surface area contributed by atoms with Gasteiger partial charge >= 0.3 is 0 Å². The fraction of sp³-hybridized carbons (Fsp3) is 0.105. The number of rotatable bonds is 3. The number of nitrogens with zero attached hydrogens (tertiary/aromatic N) is 2. The first-order chi connectivity index (χ1) is 12.6. The van der Waals surface area contributed by atoms with E-state index in [1.165, 1.54) is 13.2 Å². The van der Waals surface area contributed by atoms with Crippen LogP contribution in [0.1, 0.15) is 10.4 Å². The van der Waals surface area contributed by atoms with Gasteiger partial charge in [0.2, 0.25) is 5.43 Å². The van der Waals surface area contributed by atoms with Crippen molar-refractivity contribution < 1.29 is 9.18 Å². The first-order valence-corrected chi connectivity index (χ1v) is 8.03. The fourth-order valence-corrected chi connectivity index (χ4v) is 3.20. The Morgan fingerprint density at radius 2 is 1.92 bits per heavy atom. The van der Waals surface area contributed by atoms with Crippen LogP contribution in [0.2, 0.25) is 0 Å². The molecular formula is C19H15FN4O2. The number of anilines is 1. The smallest absolute Gasteiger partial charge is 0.256 e. The molecule has 6 nitrogen and oxygen atoms in total. The lowest BCUT2D eigenvalue weighted by Crippen LogP contribution is -2.26. The van der Waals surface area contributed by atoms with Crippen molar-refractivity contribution in [1.82, 2.24) is 14.7 Å². The molecule has 0 atom stereocenters. The molecule has 0 aliphatic heterocycles. The summed E-state index contributed by atoms with van der Waals surface area (Å²) in [4.78, 5) is 29.5. The van der Waals surface area contributed by atoms with E-state index in [2.05, 4.69) is 15.6 Å². The summed E-state index contributed by atoms with van der Waals surface area (Å²) in [6, 6.07) is 10.5. The molecule has 2 aromatic carbocycles. The highest BCUT2D eigenvalue weighted by atomic mass is 19.1. The molecule has 130 valence electrons. The molecule has 0 bridgehead atoms. The number of halogens is 1. The van der Waals surface area contributed by atoms with Gasteiger partial charge < -0.3 is 10.6 Å². The summed E-state index contributed by atoms with van der Waals surface area (Å²) in [7, 11) is 3.04. The van der Waals surface area contributed by atoms with E-state index < -0.39 is 17.2 Å². The van der Waals surface area contributed by atoms with E-state index in [-0.39, 0.29) is 16.6 Å². The van der Waals surface area contributed by atoms with Crippen molar-refractivity contribution in [2.75, 3.05) is 19.4 Å². The lowest BCUT2D eigenvalue weighted by atomic mass is 10.1. The number of pyridine rings is 1. The van der Waals surface area contributed by atoms with Crippen LogP contribution in [0, 0.1) is 5.82 Å². The normalized spacial score (nSPS) is 11.2. The summed E-state index contributed by atoms with van der Waals surface area (Å²) < 4.78 is 16.2. The molecule has 4 aromatic rings. The van der Waals surface area contributed by atoms with Gasteiger partial charge in [-0.2, -0.15) is 0 Å². The summed E-state index contributed by atoms with van der Waals surface area (Å²) in [5.41, 5.74) is 1.24. The average Bonchev–Trinajstić information content (AvgIpc) is 3.04. The number of amides is 1. The van der Waals surface area contributed by atoms with Gasteiger partial charge in [-0.15, -0.1) is 0 Å². The van der Waals surface area contributed by atoms with E-state index in [1.807, 2.05) is 30.3 Å². The quantitative estimate of drug-likeness (QED) is 0.595. The molecule has 0 aliphatic rings. The number of hydrogen-bond acceptors (Lipinski definition) is 4. The molecule has 0 saturated heterocycles. The van der Waals surface area contributed by atoms with Crippen molar-refractivity contribution >= 4 is 28.0 Å². The van der Waals surface area contributed by atoms with E-state index in [1.54, 1.807) is 11.4 Å². The molecule has 0 radical (unpaired) electrons. The third-order valence-electron chi connectivity index (χ3n) is 4.41. The van der Waals surface area contributed by atoms with Crippen molar-refractivity contribution in [3.05, 3.63) is 64.2 Å². The Labute approximate surface area is 147 Å². The van der Waals surface area contributed by atoms with Crippen LogP contribution in [0.3, 0.4) is 0 Å². The Balaban J connectivity index is 2.23. The van der Waals surface area contributed by atoms with E-state index >= 15 is 0 Å². The largest absolute Gasteiger partial charge is 0.384 e. The Hall–Kier alpha value is -3.48. The van der Waals surface area contributed by atoms with Crippen LogP contribution in [0.15, 0.2) is 47.4 Å². The minimum atomic E-state index is -0.592. The Kier molecular flexibility index (Phi) is 3.57. The monoisotopic (exact) mass is 350 g/mol. The van der Waals surface area contributed by atoms with Gasteiger partial charge in [0.25, 0.3) is 5.91 Å². The highest BCUT2D eigenvalue weighted by Gasteiger charge is 2.23. The maximum Gasteiger partial charge on any atom is 0.256 e. The highest BCUT2D eigenvalue weighted by Crippen LogP contribution is 2.33. The average molecular weight is 350 g/mol. The van der Waals surface area contributed by atoms with E-state index in [0.29, 0.717) is 16.9 Å². The molecule has 0 spiro atoms. The Morgan fingerprint density at radius 3 is 2.58 bits per heavy atom. The number of hydrogen-bond donors (Lipinski definition) is 2. The highest BCUT2D eigenvalue weighted by molar-refractivity contribution is 6.05. The molecule has 0 saturated carbocycles. The summed E-state index contributed by atoms with van der Waals surface area (Å²) >= 11 is 0. The zero-order valence-electron chi connectivity index (χ0n) is 14.1. The molecule has 1 amide bonds. The van der Waals surface area contributed by atoms with Crippen molar-refractivity contribution in [2.45, 2.75) is 0 Å². The van der Waals surface area contributed by atoms with E-state index in [4.69, 9.17) is 0 Å². The van der Waals surface area contributed by atoms with Crippen LogP contribution in [0.4, 0.5) is 10.1 Å². The first-order valence-electron chi connectivity index (χ1n) is 8.03. The number of nitrogens with one attached hydrogen (secondary N) is 2. The lowest BCUT2D eigenvalue weighted by molar-refractivity contribution is 0.0962. The maximum absolute atomic E-state index is 14.5. The number of aromatic nitrogens is 2. The van der Waals surface area contributed by atoms with Crippen molar-refractivity contribution in [3.63, 3.8) is 0 Å². The molecular weight excluding hydrogens is 335 g/mol. The van der Waals surface area contributed by atoms with Crippen molar-refractivity contribution in [1.29, 1.82) is 0 Å². The second kappa shape index (κ2) is 5.80. The summed E-state index contributed by atoms with van der Waals surface area (Å²) in [6.07, 6.45) is 1.46. The fourth-order valence-electron chi connectivity index (χ4n) is 3.20. The molecule has 2 N–H and O–H groups in total. The molecule has 4 rings (SSSR count). The minimum Gasteiger partial charge on any atom is -0.384 e. The van der Waals surface area contributed by atoms with Crippen LogP contribution in [0.25, 0.3) is 27.8 Å². The molecule has 0 aliphatic carbocycles. The van der Waals surface area contributed by atoms with Gasteiger partial charge in [-0.3, -0.25) is 14.0 Å². The van der Waals surface area contributed by atoms with Gasteiger partial charge in [-0.25, -0.2) is 9.37 Å². The molecule has 2 heterocycles. The second-order valence-electron chi connectivity index (χ2n) is 5.85. The van der Waals surface area contributed by atoms with Gasteiger partial charge in [-0.05, 0) is 6.07 Å². The van der Waals surface area contributed by atoms with Gasteiger partial charge in [0.1, 0.15) is 22.7 Å². The summed E-state index contributed by atoms with van der Waals surface area (Å²) in [6.45, 7) is 0. The zero-order chi connectivity index (χ0) is 18.4. The molecule has 0 unspecified atom stereocenters. The number of carbonyl (C=O) groups is 1. The summed E-state index contributed by atoms with van der Waals surface area (Å²) in [5.74, 6) is -0.594. The standard InChI is InChI=1S/C19H15FN4O2/c1-21-14-13(20)8-11-16-15(14)23-18(10-6-4-3-5-7-10)24(16)9-12(17(11)25)19(26)22-2/h3-9,21H,1-2H3,(H,22,26). The minimum absolute atomic E-state index is 0.0620. The SMILES string of the molecule is CNC(=O)c1cn2c(-c3ccccc3)nc3c(NC)c(F)cc(c1=O)c32. The van der Waals surface area contributed by atoms with Gasteiger partial charge in [0, 0.05) is 25.9 Å². The molecule has 2 aromatic heterocycles. The van der Waals surface area contributed by atoms with Gasteiger partial charge in [0.05, 0.1) is 16.6 Å². The Morgan fingerprint density at radius 1 is 1.19 bits per heavy atom. The number of benzene rings is 2. The predicted octanol–water partition coefficient (Wildman–Crippen LogP) is 2.49.